The van der Waals surface area contributed by atoms with E-state index in [1.807, 2.05) is 23.9 Å². The number of aryl methyl sites for hydroxylation is 1. The molecular formula is C18H21N3. The summed E-state index contributed by atoms with van der Waals surface area (Å²) in [4.78, 5) is 2.55. The highest BCUT2D eigenvalue weighted by atomic mass is 15.2. The van der Waals surface area contributed by atoms with Crippen molar-refractivity contribution in [3.8, 4) is 17.2 Å². The maximum Gasteiger partial charge on any atom is 0.120 e. The van der Waals surface area contributed by atoms with Gasteiger partial charge in [0, 0.05) is 24.8 Å². The van der Waals surface area contributed by atoms with Gasteiger partial charge in [0.25, 0.3) is 0 Å². The van der Waals surface area contributed by atoms with Crippen LogP contribution in [0.3, 0.4) is 0 Å². The Bertz CT molecular complexity index is 655. The molecule has 0 N–H and O–H groups in total. The summed E-state index contributed by atoms with van der Waals surface area (Å²) in [5, 5.41) is 9.04. The van der Waals surface area contributed by atoms with Crippen molar-refractivity contribution in [2.45, 2.75) is 25.8 Å². The van der Waals surface area contributed by atoms with Crippen molar-refractivity contribution >= 4 is 0 Å². The van der Waals surface area contributed by atoms with Gasteiger partial charge in [0.15, 0.2) is 0 Å². The molecule has 0 aliphatic carbocycles. The van der Waals surface area contributed by atoms with Crippen LogP contribution in [0.15, 0.2) is 36.5 Å². The summed E-state index contributed by atoms with van der Waals surface area (Å²) in [6, 6.07) is 13.4. The fourth-order valence-electron chi connectivity index (χ4n) is 3.13. The lowest BCUT2D eigenvalue weighted by atomic mass is 10.0. The maximum atomic E-state index is 9.04. The van der Waals surface area contributed by atoms with E-state index >= 15 is 0 Å². The maximum absolute atomic E-state index is 9.04. The van der Waals surface area contributed by atoms with E-state index in [0.29, 0.717) is 11.7 Å². The Hall–Kier alpha value is -2.05. The molecule has 1 aliphatic heterocycles. The van der Waals surface area contributed by atoms with Gasteiger partial charge in [0.2, 0.25) is 0 Å². The van der Waals surface area contributed by atoms with Crippen LogP contribution in [-0.2, 0) is 7.05 Å². The predicted octanol–water partition coefficient (Wildman–Crippen LogP) is 3.72. The molecule has 1 atom stereocenters. The molecule has 0 spiro atoms. The molecule has 1 fully saturated rings. The van der Waals surface area contributed by atoms with Gasteiger partial charge >= 0.3 is 0 Å². The number of rotatable bonds is 3. The molecule has 3 rings (SSSR count). The van der Waals surface area contributed by atoms with Gasteiger partial charge < -0.3 is 4.57 Å². The van der Waals surface area contributed by atoms with E-state index in [0.717, 1.165) is 5.56 Å². The summed E-state index contributed by atoms with van der Waals surface area (Å²) in [6.07, 6.45) is 4.66. The van der Waals surface area contributed by atoms with E-state index in [4.69, 9.17) is 5.26 Å². The van der Waals surface area contributed by atoms with E-state index < -0.39 is 0 Å². The summed E-state index contributed by atoms with van der Waals surface area (Å²) in [6.45, 7) is 4.72. The lowest BCUT2D eigenvalue weighted by Crippen LogP contribution is -2.23. The molecule has 2 heterocycles. The summed E-state index contributed by atoms with van der Waals surface area (Å²) < 4.78 is 1.87. The normalized spacial score (nSPS) is 16.8. The highest BCUT2D eigenvalue weighted by Gasteiger charge is 2.19. The van der Waals surface area contributed by atoms with Crippen LogP contribution in [-0.4, -0.2) is 22.6 Å². The molecule has 3 nitrogen and oxygen atoms in total. The van der Waals surface area contributed by atoms with Crippen molar-refractivity contribution in [2.75, 3.05) is 13.1 Å². The van der Waals surface area contributed by atoms with Gasteiger partial charge in [-0.05, 0) is 50.0 Å². The Morgan fingerprint density at radius 1 is 1.10 bits per heavy atom. The molecule has 0 saturated carbocycles. The first-order valence-electron chi connectivity index (χ1n) is 7.60. The fraction of sp³-hybridized carbons (Fsp3) is 0.389. The topological polar surface area (TPSA) is 32.0 Å². The molecule has 1 aliphatic rings. The Balaban J connectivity index is 1.81. The van der Waals surface area contributed by atoms with E-state index in [9.17, 15) is 0 Å². The van der Waals surface area contributed by atoms with Gasteiger partial charge in [-0.1, -0.05) is 24.3 Å². The van der Waals surface area contributed by atoms with E-state index in [2.05, 4.69) is 42.2 Å². The van der Waals surface area contributed by atoms with Crippen LogP contribution in [0, 0.1) is 11.3 Å². The highest BCUT2D eigenvalue weighted by molar-refractivity contribution is 5.65. The molecule has 1 saturated heterocycles. The van der Waals surface area contributed by atoms with Gasteiger partial charge in [-0.15, -0.1) is 0 Å². The highest BCUT2D eigenvalue weighted by Crippen LogP contribution is 2.27. The average molecular weight is 279 g/mol. The quantitative estimate of drug-likeness (QED) is 0.857. The standard InChI is InChI=1S/C18H21N3/c1-14(21-9-3-4-10-21)15-5-7-16(8-6-15)17-11-18(12-19)20(2)13-17/h5-8,11,13-14H,3-4,9-10H2,1-2H3. The van der Waals surface area contributed by atoms with Crippen molar-refractivity contribution in [1.82, 2.24) is 9.47 Å². The summed E-state index contributed by atoms with van der Waals surface area (Å²) in [7, 11) is 1.91. The van der Waals surface area contributed by atoms with E-state index in [-0.39, 0.29) is 0 Å². The van der Waals surface area contributed by atoms with Gasteiger partial charge in [0.05, 0.1) is 0 Å². The van der Waals surface area contributed by atoms with Crippen LogP contribution in [0.4, 0.5) is 0 Å². The average Bonchev–Trinajstić information content (AvgIpc) is 3.16. The summed E-state index contributed by atoms with van der Waals surface area (Å²) in [5.74, 6) is 0. The number of hydrogen-bond acceptors (Lipinski definition) is 2. The third-order valence-corrected chi connectivity index (χ3v) is 4.53. The molecule has 1 unspecified atom stereocenters. The molecule has 108 valence electrons. The summed E-state index contributed by atoms with van der Waals surface area (Å²) >= 11 is 0. The number of likely N-dealkylation sites (tertiary alicyclic amines) is 1. The lowest BCUT2D eigenvalue weighted by Gasteiger charge is -2.24. The van der Waals surface area contributed by atoms with Gasteiger partial charge in [-0.3, -0.25) is 4.90 Å². The third kappa shape index (κ3) is 2.72. The van der Waals surface area contributed by atoms with Crippen molar-refractivity contribution in [1.29, 1.82) is 5.26 Å². The number of nitriles is 1. The van der Waals surface area contributed by atoms with Crippen LogP contribution >= 0.6 is 0 Å². The van der Waals surface area contributed by atoms with Crippen molar-refractivity contribution in [3.05, 3.63) is 47.8 Å². The molecule has 2 aromatic rings. The second kappa shape index (κ2) is 5.75. The molecule has 21 heavy (non-hydrogen) atoms. The SMILES string of the molecule is CC(c1ccc(-c2cc(C#N)n(C)c2)cc1)N1CCCC1. The fourth-order valence-corrected chi connectivity index (χ4v) is 3.13. The zero-order valence-electron chi connectivity index (χ0n) is 12.7. The molecular weight excluding hydrogens is 258 g/mol. The van der Waals surface area contributed by atoms with E-state index in [1.54, 1.807) is 0 Å². The number of aromatic nitrogens is 1. The van der Waals surface area contributed by atoms with Crippen LogP contribution in [0.1, 0.15) is 37.1 Å². The summed E-state index contributed by atoms with van der Waals surface area (Å²) in [5.41, 5.74) is 4.34. The molecule has 3 heteroatoms. The Labute approximate surface area is 126 Å². The number of hydrogen-bond donors (Lipinski definition) is 0. The van der Waals surface area contributed by atoms with Crippen LogP contribution in [0.2, 0.25) is 0 Å². The minimum atomic E-state index is 0.493. The zero-order valence-corrected chi connectivity index (χ0v) is 12.7. The van der Waals surface area contributed by atoms with E-state index in [1.165, 1.54) is 37.1 Å². The first kappa shape index (κ1) is 13.9. The number of benzene rings is 1. The zero-order chi connectivity index (χ0) is 14.8. The van der Waals surface area contributed by atoms with Crippen molar-refractivity contribution in [3.63, 3.8) is 0 Å². The Morgan fingerprint density at radius 3 is 2.33 bits per heavy atom. The van der Waals surface area contributed by atoms with Crippen molar-refractivity contribution < 1.29 is 0 Å². The molecule has 0 bridgehead atoms. The number of nitrogens with zero attached hydrogens (tertiary/aromatic N) is 3. The van der Waals surface area contributed by atoms with Gasteiger partial charge in [-0.25, -0.2) is 0 Å². The minimum absolute atomic E-state index is 0.493. The molecule has 0 radical (unpaired) electrons. The smallest absolute Gasteiger partial charge is 0.120 e. The van der Waals surface area contributed by atoms with Gasteiger partial charge in [-0.2, -0.15) is 5.26 Å². The van der Waals surface area contributed by atoms with Crippen LogP contribution in [0.5, 0.6) is 0 Å². The lowest BCUT2D eigenvalue weighted by molar-refractivity contribution is 0.263. The second-order valence-electron chi connectivity index (χ2n) is 5.88. The Morgan fingerprint density at radius 2 is 1.76 bits per heavy atom. The second-order valence-corrected chi connectivity index (χ2v) is 5.88. The molecule has 0 amide bonds. The van der Waals surface area contributed by atoms with Crippen molar-refractivity contribution in [2.24, 2.45) is 7.05 Å². The van der Waals surface area contributed by atoms with Crippen LogP contribution < -0.4 is 0 Å². The minimum Gasteiger partial charge on any atom is -0.342 e. The molecule has 1 aromatic heterocycles. The van der Waals surface area contributed by atoms with Crippen LogP contribution in [0.25, 0.3) is 11.1 Å². The Kier molecular flexibility index (Phi) is 3.81. The predicted molar refractivity (Wildman–Crippen MR) is 84.8 cm³/mol. The molecule has 1 aromatic carbocycles. The first-order chi connectivity index (χ1) is 10.2. The first-order valence-corrected chi connectivity index (χ1v) is 7.60. The third-order valence-electron chi connectivity index (χ3n) is 4.53. The monoisotopic (exact) mass is 279 g/mol. The van der Waals surface area contributed by atoms with Gasteiger partial charge in [0.1, 0.15) is 11.8 Å². The largest absolute Gasteiger partial charge is 0.342 e.